The first kappa shape index (κ1) is 19.0. The summed E-state index contributed by atoms with van der Waals surface area (Å²) in [4.78, 5) is 14.5. The fourth-order valence-corrected chi connectivity index (χ4v) is 3.12. The van der Waals surface area contributed by atoms with Gasteiger partial charge in [-0.25, -0.2) is 0 Å². The van der Waals surface area contributed by atoms with Gasteiger partial charge < -0.3 is 14.4 Å². The quantitative estimate of drug-likeness (QED) is 0.690. The van der Waals surface area contributed by atoms with Crippen LogP contribution in [0.2, 0.25) is 10.0 Å². The number of nitrogens with zero attached hydrogens (tertiary/aromatic N) is 1. The number of carbonyl (C=O) groups excluding carboxylic acids is 1. The highest BCUT2D eigenvalue weighted by molar-refractivity contribution is 6.30. The molecule has 6 heteroatoms. The molecule has 26 heavy (non-hydrogen) atoms. The number of amides is 1. The molecule has 2 aromatic carbocycles. The number of hydrogen-bond acceptors (Lipinski definition) is 3. The van der Waals surface area contributed by atoms with E-state index in [1.54, 1.807) is 29.2 Å². The molecule has 0 N–H and O–H groups in total. The molecule has 1 aliphatic rings. The lowest BCUT2D eigenvalue weighted by Crippen LogP contribution is -2.39. The molecule has 0 spiro atoms. The number of hydrogen-bond donors (Lipinski definition) is 0. The van der Waals surface area contributed by atoms with Crippen molar-refractivity contribution in [2.45, 2.75) is 25.5 Å². The van der Waals surface area contributed by atoms with E-state index in [1.165, 1.54) is 0 Å². The van der Waals surface area contributed by atoms with Crippen LogP contribution in [0.15, 0.2) is 48.5 Å². The van der Waals surface area contributed by atoms with Crippen LogP contribution in [-0.4, -0.2) is 36.7 Å². The standard InChI is InChI=1S/C20H21Cl2NO3/c21-16-5-3-15(4-6-16)12-23(13-19-2-1-11-25-19)20(24)14-26-18-9-7-17(22)8-10-18/h3-10,19H,1-2,11-14H2. The maximum atomic E-state index is 12.7. The molecule has 0 saturated carbocycles. The Hall–Kier alpha value is -1.75. The Kier molecular flexibility index (Phi) is 6.78. The minimum atomic E-state index is -0.0783. The van der Waals surface area contributed by atoms with Crippen molar-refractivity contribution in [1.29, 1.82) is 0 Å². The van der Waals surface area contributed by atoms with E-state index in [9.17, 15) is 4.79 Å². The van der Waals surface area contributed by atoms with E-state index in [-0.39, 0.29) is 18.6 Å². The van der Waals surface area contributed by atoms with Gasteiger partial charge in [-0.15, -0.1) is 0 Å². The number of ether oxygens (including phenoxy) is 2. The summed E-state index contributed by atoms with van der Waals surface area (Å²) in [7, 11) is 0. The molecule has 0 radical (unpaired) electrons. The summed E-state index contributed by atoms with van der Waals surface area (Å²) in [6.07, 6.45) is 2.10. The van der Waals surface area contributed by atoms with Gasteiger partial charge in [-0.05, 0) is 54.8 Å². The van der Waals surface area contributed by atoms with Gasteiger partial charge in [0.1, 0.15) is 5.75 Å². The SMILES string of the molecule is O=C(COc1ccc(Cl)cc1)N(Cc1ccc(Cl)cc1)CC1CCCO1. The fraction of sp³-hybridized carbons (Fsp3) is 0.350. The second kappa shape index (κ2) is 9.26. The zero-order valence-electron chi connectivity index (χ0n) is 14.4. The van der Waals surface area contributed by atoms with E-state index in [1.807, 2.05) is 24.3 Å². The summed E-state index contributed by atoms with van der Waals surface area (Å²) in [5.41, 5.74) is 1.02. The Morgan fingerprint density at radius 2 is 1.73 bits per heavy atom. The van der Waals surface area contributed by atoms with Crippen molar-refractivity contribution in [2.75, 3.05) is 19.8 Å². The van der Waals surface area contributed by atoms with Crippen molar-refractivity contribution < 1.29 is 14.3 Å². The van der Waals surface area contributed by atoms with Crippen LogP contribution in [0.4, 0.5) is 0 Å². The van der Waals surface area contributed by atoms with Crippen LogP contribution in [0.3, 0.4) is 0 Å². The lowest BCUT2D eigenvalue weighted by molar-refractivity contribution is -0.135. The van der Waals surface area contributed by atoms with Crippen molar-refractivity contribution in [3.8, 4) is 5.75 Å². The molecule has 1 heterocycles. The monoisotopic (exact) mass is 393 g/mol. The van der Waals surface area contributed by atoms with Crippen molar-refractivity contribution in [3.05, 3.63) is 64.1 Å². The Morgan fingerprint density at radius 3 is 2.35 bits per heavy atom. The molecule has 0 aliphatic carbocycles. The van der Waals surface area contributed by atoms with Gasteiger partial charge in [0.2, 0.25) is 0 Å². The first-order chi connectivity index (χ1) is 12.6. The molecule has 1 fully saturated rings. The summed E-state index contributed by atoms with van der Waals surface area (Å²) in [6.45, 7) is 1.79. The third-order valence-electron chi connectivity index (χ3n) is 4.26. The third-order valence-corrected chi connectivity index (χ3v) is 4.77. The van der Waals surface area contributed by atoms with Crippen LogP contribution in [0.5, 0.6) is 5.75 Å². The van der Waals surface area contributed by atoms with Gasteiger partial charge in [-0.2, -0.15) is 0 Å². The molecule has 0 aromatic heterocycles. The fourth-order valence-electron chi connectivity index (χ4n) is 2.87. The Morgan fingerprint density at radius 1 is 1.08 bits per heavy atom. The van der Waals surface area contributed by atoms with Gasteiger partial charge in [0.25, 0.3) is 5.91 Å². The van der Waals surface area contributed by atoms with Gasteiger partial charge in [-0.1, -0.05) is 35.3 Å². The minimum absolute atomic E-state index is 0.0259. The average Bonchev–Trinajstić information content (AvgIpc) is 3.15. The van der Waals surface area contributed by atoms with Crippen LogP contribution < -0.4 is 4.74 Å². The number of rotatable bonds is 7. The second-order valence-corrected chi connectivity index (χ2v) is 7.15. The van der Waals surface area contributed by atoms with Crippen LogP contribution in [-0.2, 0) is 16.1 Å². The first-order valence-corrected chi connectivity index (χ1v) is 9.38. The van der Waals surface area contributed by atoms with Crippen molar-refractivity contribution >= 4 is 29.1 Å². The van der Waals surface area contributed by atoms with Gasteiger partial charge >= 0.3 is 0 Å². The highest BCUT2D eigenvalue weighted by atomic mass is 35.5. The molecule has 1 amide bonds. The van der Waals surface area contributed by atoms with Gasteiger partial charge in [0.15, 0.2) is 6.61 Å². The lowest BCUT2D eigenvalue weighted by atomic mass is 10.2. The molecule has 1 atom stereocenters. The highest BCUT2D eigenvalue weighted by Crippen LogP contribution is 2.18. The van der Waals surface area contributed by atoms with Crippen LogP contribution >= 0.6 is 23.2 Å². The van der Waals surface area contributed by atoms with Crippen molar-refractivity contribution in [2.24, 2.45) is 0 Å². The zero-order valence-corrected chi connectivity index (χ0v) is 15.9. The maximum Gasteiger partial charge on any atom is 0.260 e. The molecule has 1 saturated heterocycles. The number of carbonyl (C=O) groups is 1. The zero-order chi connectivity index (χ0) is 18.4. The summed E-state index contributed by atoms with van der Waals surface area (Å²) < 4.78 is 11.3. The normalized spacial score (nSPS) is 16.5. The third kappa shape index (κ3) is 5.63. The van der Waals surface area contributed by atoms with E-state index in [2.05, 4.69) is 0 Å². The largest absolute Gasteiger partial charge is 0.484 e. The molecule has 1 aliphatic heterocycles. The molecule has 3 rings (SSSR count). The van der Waals surface area contributed by atoms with E-state index < -0.39 is 0 Å². The van der Waals surface area contributed by atoms with Gasteiger partial charge in [0.05, 0.1) is 6.10 Å². The van der Waals surface area contributed by atoms with Crippen molar-refractivity contribution in [3.63, 3.8) is 0 Å². The lowest BCUT2D eigenvalue weighted by Gasteiger charge is -2.25. The highest BCUT2D eigenvalue weighted by Gasteiger charge is 2.23. The summed E-state index contributed by atoms with van der Waals surface area (Å²) >= 11 is 11.8. The number of halogens is 2. The summed E-state index contributed by atoms with van der Waals surface area (Å²) in [6, 6.07) is 14.5. The van der Waals surface area contributed by atoms with Gasteiger partial charge in [-0.3, -0.25) is 4.79 Å². The second-order valence-electron chi connectivity index (χ2n) is 6.28. The molecule has 1 unspecified atom stereocenters. The summed E-state index contributed by atoms with van der Waals surface area (Å²) in [5, 5.41) is 1.31. The molecule has 0 bridgehead atoms. The molecule has 138 valence electrons. The van der Waals surface area contributed by atoms with Crippen LogP contribution in [0.1, 0.15) is 18.4 Å². The maximum absolute atomic E-state index is 12.7. The van der Waals surface area contributed by atoms with E-state index in [0.29, 0.717) is 28.9 Å². The van der Waals surface area contributed by atoms with Crippen molar-refractivity contribution in [1.82, 2.24) is 4.90 Å². The Labute approximate surface area is 163 Å². The minimum Gasteiger partial charge on any atom is -0.484 e. The van der Waals surface area contributed by atoms with E-state index in [0.717, 1.165) is 25.0 Å². The predicted octanol–water partition coefficient (Wildman–Crippen LogP) is 4.58. The summed E-state index contributed by atoms with van der Waals surface area (Å²) in [5.74, 6) is 0.539. The topological polar surface area (TPSA) is 38.8 Å². The van der Waals surface area contributed by atoms with Crippen LogP contribution in [0.25, 0.3) is 0 Å². The average molecular weight is 394 g/mol. The predicted molar refractivity (Wildman–Crippen MR) is 103 cm³/mol. The van der Waals surface area contributed by atoms with E-state index in [4.69, 9.17) is 32.7 Å². The number of benzene rings is 2. The first-order valence-electron chi connectivity index (χ1n) is 8.62. The Balaban J connectivity index is 1.63. The molecular formula is C20H21Cl2NO3. The van der Waals surface area contributed by atoms with Gasteiger partial charge in [0, 0.05) is 29.7 Å². The Bertz CT molecular complexity index is 713. The molecular weight excluding hydrogens is 373 g/mol. The smallest absolute Gasteiger partial charge is 0.260 e. The molecule has 2 aromatic rings. The van der Waals surface area contributed by atoms with E-state index >= 15 is 0 Å². The molecule has 4 nitrogen and oxygen atoms in total. The van der Waals surface area contributed by atoms with Crippen LogP contribution in [0, 0.1) is 0 Å².